The van der Waals surface area contributed by atoms with Crippen molar-refractivity contribution in [3.8, 4) is 0 Å². The maximum atomic E-state index is 14.2. The summed E-state index contributed by atoms with van der Waals surface area (Å²) in [5, 5.41) is 9.53. The van der Waals surface area contributed by atoms with Crippen LogP contribution in [-0.4, -0.2) is 52.6 Å². The van der Waals surface area contributed by atoms with E-state index < -0.39 is 29.5 Å². The summed E-state index contributed by atoms with van der Waals surface area (Å²) in [7, 11) is 0. The monoisotopic (exact) mass is 335 g/mol. The molecule has 134 valence electrons. The maximum Gasteiger partial charge on any atom is 0.410 e. The molecular weight excluding hydrogens is 308 g/mol. The van der Waals surface area contributed by atoms with Gasteiger partial charge in [0.05, 0.1) is 0 Å². The minimum atomic E-state index is -4.04. The molecule has 5 nitrogen and oxygen atoms in total. The molecule has 0 rings (SSSR count). The van der Waals surface area contributed by atoms with Gasteiger partial charge in [-0.3, -0.25) is 4.79 Å². The third-order valence-electron chi connectivity index (χ3n) is 3.91. The van der Waals surface area contributed by atoms with Crippen molar-refractivity contribution in [2.24, 2.45) is 0 Å². The van der Waals surface area contributed by atoms with E-state index in [1.165, 1.54) is 31.7 Å². The SMILES string of the molecule is C/C=C/C(O)C(F)(F)C(=O)C(CC)(CC)OC(=O)N(CC)CC. The highest BCUT2D eigenvalue weighted by Gasteiger charge is 2.56. The van der Waals surface area contributed by atoms with Gasteiger partial charge >= 0.3 is 12.0 Å². The first-order chi connectivity index (χ1) is 10.7. The normalized spacial score (nSPS) is 13.9. The van der Waals surface area contributed by atoms with Crippen LogP contribution in [0.25, 0.3) is 0 Å². The fourth-order valence-electron chi connectivity index (χ4n) is 2.22. The zero-order valence-electron chi connectivity index (χ0n) is 14.4. The highest BCUT2D eigenvalue weighted by molar-refractivity contribution is 5.95. The number of aliphatic hydroxyl groups excluding tert-OH is 1. The zero-order valence-corrected chi connectivity index (χ0v) is 14.4. The molecule has 7 heteroatoms. The Morgan fingerprint density at radius 3 is 2.00 bits per heavy atom. The number of hydrogen-bond acceptors (Lipinski definition) is 4. The minimum Gasteiger partial charge on any atom is -0.435 e. The Balaban J connectivity index is 5.59. The summed E-state index contributed by atoms with van der Waals surface area (Å²) in [5.41, 5.74) is -1.97. The number of hydrogen-bond donors (Lipinski definition) is 1. The molecule has 0 aliphatic rings. The summed E-state index contributed by atoms with van der Waals surface area (Å²) in [5.74, 6) is -5.62. The van der Waals surface area contributed by atoms with Crippen LogP contribution in [0.15, 0.2) is 12.2 Å². The molecule has 1 N–H and O–H groups in total. The van der Waals surface area contributed by atoms with E-state index in [1.54, 1.807) is 13.8 Å². The lowest BCUT2D eigenvalue weighted by Gasteiger charge is -2.35. The highest BCUT2D eigenvalue weighted by atomic mass is 19.3. The molecule has 0 aliphatic heterocycles. The number of rotatable bonds is 9. The molecule has 0 bridgehead atoms. The molecule has 23 heavy (non-hydrogen) atoms. The number of halogens is 2. The van der Waals surface area contributed by atoms with Crippen molar-refractivity contribution in [1.82, 2.24) is 4.90 Å². The lowest BCUT2D eigenvalue weighted by molar-refractivity contribution is -0.176. The van der Waals surface area contributed by atoms with Gasteiger partial charge in [-0.2, -0.15) is 8.78 Å². The second kappa shape index (κ2) is 8.96. The van der Waals surface area contributed by atoms with Crippen LogP contribution >= 0.6 is 0 Å². The molecule has 0 aliphatic carbocycles. The van der Waals surface area contributed by atoms with Crippen molar-refractivity contribution in [2.45, 2.75) is 65.1 Å². The quantitative estimate of drug-likeness (QED) is 0.657. The van der Waals surface area contributed by atoms with Gasteiger partial charge in [0.25, 0.3) is 0 Å². The second-order valence-electron chi connectivity index (χ2n) is 5.16. The molecule has 0 aromatic carbocycles. The van der Waals surface area contributed by atoms with Crippen LogP contribution in [0.2, 0.25) is 0 Å². The Labute approximate surface area is 136 Å². The van der Waals surface area contributed by atoms with Crippen LogP contribution in [0.1, 0.15) is 47.5 Å². The Bertz CT molecular complexity index is 430. The van der Waals surface area contributed by atoms with Crippen molar-refractivity contribution in [2.75, 3.05) is 13.1 Å². The molecule has 1 amide bonds. The third kappa shape index (κ3) is 4.73. The van der Waals surface area contributed by atoms with Crippen molar-refractivity contribution in [3.05, 3.63) is 12.2 Å². The lowest BCUT2D eigenvalue weighted by Crippen LogP contribution is -2.56. The van der Waals surface area contributed by atoms with Gasteiger partial charge in [-0.05, 0) is 33.6 Å². The van der Waals surface area contributed by atoms with Gasteiger partial charge in [-0.25, -0.2) is 4.79 Å². The predicted octanol–water partition coefficient (Wildman–Crippen LogP) is 3.17. The topological polar surface area (TPSA) is 66.8 Å². The molecule has 0 heterocycles. The highest BCUT2D eigenvalue weighted by Crippen LogP contribution is 2.33. The molecule has 0 fully saturated rings. The largest absolute Gasteiger partial charge is 0.435 e. The summed E-state index contributed by atoms with van der Waals surface area (Å²) in [6.45, 7) is 8.56. The van der Waals surface area contributed by atoms with Crippen LogP contribution in [0.4, 0.5) is 13.6 Å². The van der Waals surface area contributed by atoms with E-state index in [1.807, 2.05) is 0 Å². The first-order valence-corrected chi connectivity index (χ1v) is 7.88. The number of ketones is 1. The van der Waals surface area contributed by atoms with Crippen molar-refractivity contribution in [1.29, 1.82) is 0 Å². The Morgan fingerprint density at radius 2 is 1.65 bits per heavy atom. The van der Waals surface area contributed by atoms with Crippen molar-refractivity contribution < 1.29 is 28.2 Å². The maximum absolute atomic E-state index is 14.2. The number of nitrogens with zero attached hydrogens (tertiary/aromatic N) is 1. The summed E-state index contributed by atoms with van der Waals surface area (Å²) < 4.78 is 33.6. The molecule has 0 saturated carbocycles. The smallest absolute Gasteiger partial charge is 0.410 e. The first-order valence-electron chi connectivity index (χ1n) is 7.88. The Kier molecular flexibility index (Phi) is 8.37. The number of amides is 1. The van der Waals surface area contributed by atoms with Gasteiger partial charge in [0.2, 0.25) is 5.78 Å². The molecule has 0 aromatic heterocycles. The Morgan fingerprint density at radius 1 is 1.17 bits per heavy atom. The summed E-state index contributed by atoms with van der Waals surface area (Å²) in [4.78, 5) is 25.8. The second-order valence-corrected chi connectivity index (χ2v) is 5.16. The molecule has 0 spiro atoms. The van der Waals surface area contributed by atoms with E-state index in [0.717, 1.165) is 6.08 Å². The van der Waals surface area contributed by atoms with Crippen LogP contribution in [0.5, 0.6) is 0 Å². The van der Waals surface area contributed by atoms with Gasteiger partial charge in [-0.1, -0.05) is 26.0 Å². The lowest BCUT2D eigenvalue weighted by atomic mass is 9.86. The van der Waals surface area contributed by atoms with Crippen LogP contribution < -0.4 is 0 Å². The third-order valence-corrected chi connectivity index (χ3v) is 3.91. The molecule has 0 saturated heterocycles. The number of allylic oxidation sites excluding steroid dienone is 1. The first kappa shape index (κ1) is 21.5. The number of alkyl halides is 2. The van der Waals surface area contributed by atoms with Gasteiger partial charge < -0.3 is 14.7 Å². The fourth-order valence-corrected chi connectivity index (χ4v) is 2.22. The Hall–Kier alpha value is -1.50. The molecule has 1 unspecified atom stereocenters. The molecule has 0 aromatic rings. The summed E-state index contributed by atoms with van der Waals surface area (Å²) in [6, 6.07) is 0. The zero-order chi connectivity index (χ0) is 18.3. The molecular formula is C16H27F2NO4. The van der Waals surface area contributed by atoms with E-state index in [2.05, 4.69) is 0 Å². The van der Waals surface area contributed by atoms with E-state index in [4.69, 9.17) is 4.74 Å². The van der Waals surface area contributed by atoms with Crippen LogP contribution in [0, 0.1) is 0 Å². The number of Topliss-reactive ketones (excluding diaryl/α,β-unsaturated/α-hetero) is 1. The number of carbonyl (C=O) groups is 2. The average molecular weight is 335 g/mol. The van der Waals surface area contributed by atoms with Crippen molar-refractivity contribution >= 4 is 11.9 Å². The number of carbonyl (C=O) groups excluding carboxylic acids is 2. The predicted molar refractivity (Wildman–Crippen MR) is 83.5 cm³/mol. The van der Waals surface area contributed by atoms with E-state index in [0.29, 0.717) is 13.1 Å². The van der Waals surface area contributed by atoms with Gasteiger partial charge in [-0.15, -0.1) is 0 Å². The van der Waals surface area contributed by atoms with Crippen LogP contribution in [0.3, 0.4) is 0 Å². The fraction of sp³-hybridized carbons (Fsp3) is 0.750. The van der Waals surface area contributed by atoms with E-state index in [9.17, 15) is 23.5 Å². The van der Waals surface area contributed by atoms with Crippen molar-refractivity contribution in [3.63, 3.8) is 0 Å². The summed E-state index contributed by atoms with van der Waals surface area (Å²) >= 11 is 0. The number of ether oxygens (including phenoxy) is 1. The summed E-state index contributed by atoms with van der Waals surface area (Å²) in [6.07, 6.45) is -1.22. The molecule has 0 radical (unpaired) electrons. The van der Waals surface area contributed by atoms with Gasteiger partial charge in [0, 0.05) is 13.1 Å². The average Bonchev–Trinajstić information content (AvgIpc) is 2.53. The minimum absolute atomic E-state index is 0.104. The van der Waals surface area contributed by atoms with Gasteiger partial charge in [0.15, 0.2) is 5.60 Å². The van der Waals surface area contributed by atoms with E-state index >= 15 is 0 Å². The standard InChI is InChI=1S/C16H27F2NO4/c1-6-11-12(20)16(17,18)13(21)15(7-2,8-3)23-14(22)19(9-4)10-5/h6,11-12,20H,7-10H2,1-5H3/b11-6+. The van der Waals surface area contributed by atoms with Gasteiger partial charge in [0.1, 0.15) is 6.10 Å². The van der Waals surface area contributed by atoms with E-state index in [-0.39, 0.29) is 12.8 Å². The molecule has 1 atom stereocenters. The van der Waals surface area contributed by atoms with Crippen LogP contribution in [-0.2, 0) is 9.53 Å². The number of aliphatic hydroxyl groups is 1.